The number of halogens is 1. The molecule has 1 aromatic carbocycles. The van der Waals surface area contributed by atoms with E-state index in [0.717, 1.165) is 0 Å². The minimum atomic E-state index is -0.433. The summed E-state index contributed by atoms with van der Waals surface area (Å²) in [5.74, 6) is 0.135. The summed E-state index contributed by atoms with van der Waals surface area (Å²) in [6.45, 7) is 1.87. The monoisotopic (exact) mass is 303 g/mol. The van der Waals surface area contributed by atoms with Crippen LogP contribution in [0.4, 0.5) is 5.69 Å². The number of hydrogen-bond donors (Lipinski definition) is 0. The first kappa shape index (κ1) is 15.8. The van der Waals surface area contributed by atoms with Gasteiger partial charge in [0.2, 0.25) is 0 Å². The Hall–Kier alpha value is -1.27. The molecular weight excluding hydrogens is 290 g/mol. The molecule has 0 amide bonds. The van der Waals surface area contributed by atoms with E-state index in [1.165, 1.54) is 31.0 Å². The number of nitrogens with zero attached hydrogens (tertiary/aromatic N) is 1. The van der Waals surface area contributed by atoms with Gasteiger partial charge in [-0.2, -0.15) is 11.8 Å². The maximum Gasteiger partial charge on any atom is 0.306 e. The number of carbonyl (C=O) groups excluding carboxylic acids is 1. The highest BCUT2D eigenvalue weighted by Gasteiger charge is 2.16. The number of hydrogen-bond acceptors (Lipinski definition) is 5. The van der Waals surface area contributed by atoms with Gasteiger partial charge in [0.25, 0.3) is 5.69 Å². The number of carbonyl (C=O) groups is 1. The first-order valence-electron chi connectivity index (χ1n) is 5.55. The van der Waals surface area contributed by atoms with E-state index in [0.29, 0.717) is 16.3 Å². The lowest BCUT2D eigenvalue weighted by Gasteiger charge is -2.10. The highest BCUT2D eigenvalue weighted by Crippen LogP contribution is 2.28. The maximum absolute atomic E-state index is 11.1. The lowest BCUT2D eigenvalue weighted by molar-refractivity contribution is -0.385. The second-order valence-corrected chi connectivity index (χ2v) is 5.80. The first-order chi connectivity index (χ1) is 8.93. The van der Waals surface area contributed by atoms with Crippen LogP contribution in [0.1, 0.15) is 18.9 Å². The van der Waals surface area contributed by atoms with Crippen LogP contribution in [0.25, 0.3) is 0 Å². The molecule has 19 heavy (non-hydrogen) atoms. The van der Waals surface area contributed by atoms with Gasteiger partial charge in [0.05, 0.1) is 18.5 Å². The molecule has 0 N–H and O–H groups in total. The fourth-order valence-electron chi connectivity index (χ4n) is 1.46. The smallest absolute Gasteiger partial charge is 0.306 e. The van der Waals surface area contributed by atoms with Crippen molar-refractivity contribution in [1.82, 2.24) is 0 Å². The lowest BCUT2D eigenvalue weighted by atomic mass is 10.2. The fourth-order valence-corrected chi connectivity index (χ4v) is 2.60. The van der Waals surface area contributed by atoms with Crippen LogP contribution >= 0.6 is 23.4 Å². The topological polar surface area (TPSA) is 69.4 Å². The second-order valence-electron chi connectivity index (χ2n) is 3.93. The summed E-state index contributed by atoms with van der Waals surface area (Å²) in [6, 6.07) is 4.46. The molecule has 0 aliphatic rings. The third-order valence-corrected chi connectivity index (χ3v) is 3.89. The Morgan fingerprint density at radius 1 is 1.58 bits per heavy atom. The van der Waals surface area contributed by atoms with Crippen LogP contribution in [0.15, 0.2) is 18.2 Å². The molecule has 0 aliphatic heterocycles. The van der Waals surface area contributed by atoms with Gasteiger partial charge in [-0.05, 0) is 12.1 Å². The summed E-state index contributed by atoms with van der Waals surface area (Å²) in [4.78, 5) is 21.5. The summed E-state index contributed by atoms with van der Waals surface area (Å²) in [7, 11) is 1.33. The average molecular weight is 304 g/mol. The van der Waals surface area contributed by atoms with Gasteiger partial charge in [0.15, 0.2) is 0 Å². The molecule has 104 valence electrons. The molecule has 1 aromatic rings. The number of methoxy groups -OCH3 is 1. The molecule has 0 saturated carbocycles. The van der Waals surface area contributed by atoms with Crippen LogP contribution in [0.5, 0.6) is 0 Å². The van der Waals surface area contributed by atoms with E-state index in [1.54, 1.807) is 6.07 Å². The summed E-state index contributed by atoms with van der Waals surface area (Å²) in [5.41, 5.74) is 0.599. The average Bonchev–Trinajstić information content (AvgIpc) is 2.35. The number of rotatable bonds is 6. The highest BCUT2D eigenvalue weighted by atomic mass is 35.5. The van der Waals surface area contributed by atoms with Crippen LogP contribution in [0.2, 0.25) is 5.02 Å². The van der Waals surface area contributed by atoms with E-state index in [4.69, 9.17) is 11.6 Å². The molecule has 7 heteroatoms. The highest BCUT2D eigenvalue weighted by molar-refractivity contribution is 7.99. The Labute approximate surface area is 120 Å². The zero-order chi connectivity index (χ0) is 14.4. The SMILES string of the molecule is COC(=O)CC(C)SCc1cc(Cl)ccc1[N+](=O)[O-]. The molecule has 0 aromatic heterocycles. The third-order valence-electron chi connectivity index (χ3n) is 2.44. The molecule has 0 aliphatic carbocycles. The number of nitro benzene ring substituents is 1. The Kier molecular flexibility index (Phi) is 6.11. The van der Waals surface area contributed by atoms with Gasteiger partial charge in [0.1, 0.15) is 0 Å². The van der Waals surface area contributed by atoms with Gasteiger partial charge < -0.3 is 4.74 Å². The number of ether oxygens (including phenoxy) is 1. The Balaban J connectivity index is 2.69. The molecule has 0 spiro atoms. The van der Waals surface area contributed by atoms with Crippen molar-refractivity contribution in [2.24, 2.45) is 0 Å². The van der Waals surface area contributed by atoms with E-state index >= 15 is 0 Å². The molecular formula is C12H14ClNO4S. The van der Waals surface area contributed by atoms with Crippen molar-refractivity contribution in [3.05, 3.63) is 38.9 Å². The van der Waals surface area contributed by atoms with Gasteiger partial charge in [0, 0.05) is 27.7 Å². The number of esters is 1. The van der Waals surface area contributed by atoms with Crippen LogP contribution < -0.4 is 0 Å². The van der Waals surface area contributed by atoms with E-state index in [2.05, 4.69) is 4.74 Å². The van der Waals surface area contributed by atoms with Crippen molar-refractivity contribution < 1.29 is 14.5 Å². The Morgan fingerprint density at radius 3 is 2.84 bits per heavy atom. The number of nitro groups is 1. The van der Waals surface area contributed by atoms with Crippen LogP contribution in [-0.2, 0) is 15.3 Å². The van der Waals surface area contributed by atoms with Crippen LogP contribution in [0, 0.1) is 10.1 Å². The maximum atomic E-state index is 11.1. The fraction of sp³-hybridized carbons (Fsp3) is 0.417. The van der Waals surface area contributed by atoms with Gasteiger partial charge >= 0.3 is 5.97 Å². The minimum absolute atomic E-state index is 0.0195. The van der Waals surface area contributed by atoms with E-state index in [1.807, 2.05) is 6.92 Å². The van der Waals surface area contributed by atoms with Crippen molar-refractivity contribution in [2.75, 3.05) is 7.11 Å². The normalized spacial score (nSPS) is 11.9. The molecule has 0 radical (unpaired) electrons. The van der Waals surface area contributed by atoms with Gasteiger partial charge in [-0.15, -0.1) is 0 Å². The Bertz CT molecular complexity index is 481. The predicted molar refractivity (Wildman–Crippen MR) is 75.5 cm³/mol. The number of thioether (sulfide) groups is 1. The Morgan fingerprint density at radius 2 is 2.26 bits per heavy atom. The van der Waals surface area contributed by atoms with Crippen molar-refractivity contribution in [2.45, 2.75) is 24.3 Å². The van der Waals surface area contributed by atoms with Crippen molar-refractivity contribution in [3.63, 3.8) is 0 Å². The van der Waals surface area contributed by atoms with Gasteiger partial charge in [-0.3, -0.25) is 14.9 Å². The zero-order valence-corrected chi connectivity index (χ0v) is 12.2. The standard InChI is InChI=1S/C12H14ClNO4S/c1-8(5-12(15)18-2)19-7-9-6-10(13)3-4-11(9)14(16)17/h3-4,6,8H,5,7H2,1-2H3. The molecule has 0 fully saturated rings. The molecule has 1 rings (SSSR count). The van der Waals surface area contributed by atoms with Gasteiger partial charge in [-0.1, -0.05) is 18.5 Å². The van der Waals surface area contributed by atoms with Crippen molar-refractivity contribution in [1.29, 1.82) is 0 Å². The number of benzene rings is 1. The minimum Gasteiger partial charge on any atom is -0.469 e. The summed E-state index contributed by atoms with van der Waals surface area (Å²) in [5, 5.41) is 11.4. The lowest BCUT2D eigenvalue weighted by Crippen LogP contribution is -2.09. The summed E-state index contributed by atoms with van der Waals surface area (Å²) in [6.07, 6.45) is 0.273. The van der Waals surface area contributed by atoms with Crippen molar-refractivity contribution >= 4 is 35.0 Å². The predicted octanol–water partition coefficient (Wildman–Crippen LogP) is 3.43. The first-order valence-corrected chi connectivity index (χ1v) is 6.98. The van der Waals surface area contributed by atoms with E-state index < -0.39 is 4.92 Å². The molecule has 5 nitrogen and oxygen atoms in total. The van der Waals surface area contributed by atoms with E-state index in [-0.39, 0.29) is 23.3 Å². The van der Waals surface area contributed by atoms with E-state index in [9.17, 15) is 14.9 Å². The quantitative estimate of drug-likeness (QED) is 0.457. The van der Waals surface area contributed by atoms with Gasteiger partial charge in [-0.25, -0.2) is 0 Å². The van der Waals surface area contributed by atoms with Crippen LogP contribution in [-0.4, -0.2) is 23.3 Å². The van der Waals surface area contributed by atoms with Crippen molar-refractivity contribution in [3.8, 4) is 0 Å². The summed E-state index contributed by atoms with van der Waals surface area (Å²) >= 11 is 7.29. The summed E-state index contributed by atoms with van der Waals surface area (Å²) < 4.78 is 4.57. The van der Waals surface area contributed by atoms with Crippen LogP contribution in [0.3, 0.4) is 0 Å². The zero-order valence-electron chi connectivity index (χ0n) is 10.6. The second kappa shape index (κ2) is 7.35. The molecule has 0 bridgehead atoms. The molecule has 0 heterocycles. The largest absolute Gasteiger partial charge is 0.469 e. The molecule has 1 unspecified atom stereocenters. The molecule has 0 saturated heterocycles. The third kappa shape index (κ3) is 5.08. The molecule has 1 atom stereocenters.